The van der Waals surface area contributed by atoms with E-state index in [-0.39, 0.29) is 30.3 Å². The Morgan fingerprint density at radius 2 is 1.96 bits per heavy atom. The lowest BCUT2D eigenvalue weighted by Crippen LogP contribution is -2.07. The lowest BCUT2D eigenvalue weighted by molar-refractivity contribution is -0.757. The first kappa shape index (κ1) is 18.1. The van der Waals surface area contributed by atoms with E-state index in [4.69, 9.17) is 9.47 Å². The minimum absolute atomic E-state index is 0.0382. The zero-order chi connectivity index (χ0) is 18.2. The summed E-state index contributed by atoms with van der Waals surface area (Å²) in [5, 5.41) is 18.8. The molecule has 8 nitrogen and oxygen atoms in total. The van der Waals surface area contributed by atoms with Gasteiger partial charge in [-0.05, 0) is 35.7 Å². The van der Waals surface area contributed by atoms with Gasteiger partial charge in [0.25, 0.3) is 5.09 Å². The third kappa shape index (κ3) is 5.38. The molecular formula is C17H17NO7. The average Bonchev–Trinajstić information content (AvgIpc) is 2.60. The monoisotopic (exact) mass is 347 g/mol. The van der Waals surface area contributed by atoms with E-state index in [9.17, 15) is 20.0 Å². The van der Waals surface area contributed by atoms with Gasteiger partial charge in [-0.3, -0.25) is 0 Å². The third-order valence-electron chi connectivity index (χ3n) is 3.36. The number of nitrogens with zero attached hydrogens (tertiary/aromatic N) is 1. The predicted octanol–water partition coefficient (Wildman–Crippen LogP) is 2.51. The van der Waals surface area contributed by atoms with E-state index in [1.54, 1.807) is 24.3 Å². The molecule has 2 aromatic rings. The lowest BCUT2D eigenvalue weighted by Gasteiger charge is -2.08. The molecule has 2 rings (SSSR count). The van der Waals surface area contributed by atoms with Crippen molar-refractivity contribution in [3.05, 3.63) is 69.3 Å². The number of ether oxygens (including phenoxy) is 2. The SMILES string of the molecule is COc1cc(C(=O)OCc2cccc(CCO[N+](=O)[O-])c2)ccc1O. The van der Waals surface area contributed by atoms with E-state index in [1.807, 2.05) is 0 Å². The molecular weight excluding hydrogens is 330 g/mol. The molecule has 8 heteroatoms. The van der Waals surface area contributed by atoms with Gasteiger partial charge in [-0.2, -0.15) is 0 Å². The van der Waals surface area contributed by atoms with Crippen molar-refractivity contribution >= 4 is 5.97 Å². The number of hydrogen-bond donors (Lipinski definition) is 1. The Labute approximate surface area is 143 Å². The molecule has 0 fully saturated rings. The maximum Gasteiger partial charge on any atom is 0.338 e. The second kappa shape index (κ2) is 8.53. The number of phenolic OH excluding ortho intramolecular Hbond substituents is 1. The Morgan fingerprint density at radius 3 is 2.68 bits per heavy atom. The molecule has 0 aliphatic rings. The summed E-state index contributed by atoms with van der Waals surface area (Å²) in [7, 11) is 1.39. The highest BCUT2D eigenvalue weighted by atomic mass is 16.9. The quantitative estimate of drug-likeness (QED) is 0.444. The fraction of sp³-hybridized carbons (Fsp3) is 0.235. The molecule has 2 aromatic carbocycles. The summed E-state index contributed by atoms with van der Waals surface area (Å²) in [6.07, 6.45) is 0.373. The van der Waals surface area contributed by atoms with Crippen molar-refractivity contribution in [2.75, 3.05) is 13.7 Å². The fourth-order valence-electron chi connectivity index (χ4n) is 2.15. The van der Waals surface area contributed by atoms with E-state index < -0.39 is 11.1 Å². The second-order valence-corrected chi connectivity index (χ2v) is 5.09. The van der Waals surface area contributed by atoms with Crippen molar-refractivity contribution in [2.24, 2.45) is 0 Å². The number of rotatable bonds is 8. The Morgan fingerprint density at radius 1 is 1.20 bits per heavy atom. The van der Waals surface area contributed by atoms with Crippen LogP contribution in [0.15, 0.2) is 42.5 Å². The maximum absolute atomic E-state index is 12.1. The Kier molecular flexibility index (Phi) is 6.16. The van der Waals surface area contributed by atoms with E-state index in [0.717, 1.165) is 11.1 Å². The minimum Gasteiger partial charge on any atom is -0.504 e. The minimum atomic E-state index is -0.836. The van der Waals surface area contributed by atoms with Crippen molar-refractivity contribution < 1.29 is 29.3 Å². The third-order valence-corrected chi connectivity index (χ3v) is 3.36. The number of phenols is 1. The van der Waals surface area contributed by atoms with E-state index in [2.05, 4.69) is 4.84 Å². The van der Waals surface area contributed by atoms with Crippen LogP contribution in [-0.4, -0.2) is 29.9 Å². The summed E-state index contributed by atoms with van der Waals surface area (Å²) in [6, 6.07) is 11.3. The number of esters is 1. The molecule has 0 amide bonds. The van der Waals surface area contributed by atoms with Crippen LogP contribution in [0.2, 0.25) is 0 Å². The van der Waals surface area contributed by atoms with Crippen molar-refractivity contribution in [1.82, 2.24) is 0 Å². The van der Waals surface area contributed by atoms with Gasteiger partial charge in [-0.15, -0.1) is 10.1 Å². The first-order chi connectivity index (χ1) is 12.0. The maximum atomic E-state index is 12.1. The van der Waals surface area contributed by atoms with Gasteiger partial charge < -0.3 is 19.4 Å². The molecule has 1 N–H and O–H groups in total. The van der Waals surface area contributed by atoms with E-state index >= 15 is 0 Å². The van der Waals surface area contributed by atoms with Gasteiger partial charge in [0.15, 0.2) is 11.5 Å². The highest BCUT2D eigenvalue weighted by molar-refractivity contribution is 5.90. The number of hydrogen-bond acceptors (Lipinski definition) is 7. The smallest absolute Gasteiger partial charge is 0.338 e. The summed E-state index contributed by atoms with van der Waals surface area (Å²) < 4.78 is 10.2. The van der Waals surface area contributed by atoms with Gasteiger partial charge in [-0.1, -0.05) is 24.3 Å². The lowest BCUT2D eigenvalue weighted by atomic mass is 10.1. The van der Waals surface area contributed by atoms with E-state index in [0.29, 0.717) is 6.42 Å². The number of aromatic hydroxyl groups is 1. The second-order valence-electron chi connectivity index (χ2n) is 5.09. The van der Waals surface area contributed by atoms with Crippen molar-refractivity contribution in [3.8, 4) is 11.5 Å². The molecule has 0 aliphatic carbocycles. The van der Waals surface area contributed by atoms with Crippen LogP contribution >= 0.6 is 0 Å². The topological polar surface area (TPSA) is 108 Å². The van der Waals surface area contributed by atoms with Crippen LogP contribution in [-0.2, 0) is 22.6 Å². The van der Waals surface area contributed by atoms with Crippen LogP contribution in [0.3, 0.4) is 0 Å². The first-order valence-corrected chi connectivity index (χ1v) is 7.39. The molecule has 0 unspecified atom stereocenters. The Balaban J connectivity index is 1.94. The Bertz CT molecular complexity index is 760. The summed E-state index contributed by atoms with van der Waals surface area (Å²) in [5.41, 5.74) is 1.84. The molecule has 0 bridgehead atoms. The zero-order valence-corrected chi connectivity index (χ0v) is 13.5. The number of carbonyl (C=O) groups excluding carboxylic acids is 1. The number of benzene rings is 2. The molecule has 25 heavy (non-hydrogen) atoms. The molecule has 0 saturated heterocycles. The van der Waals surface area contributed by atoms with Crippen molar-refractivity contribution in [1.29, 1.82) is 0 Å². The molecule has 132 valence electrons. The normalized spacial score (nSPS) is 10.1. The van der Waals surface area contributed by atoms with Crippen LogP contribution in [0.25, 0.3) is 0 Å². The molecule has 0 radical (unpaired) electrons. The van der Waals surface area contributed by atoms with Gasteiger partial charge in [0.1, 0.15) is 13.2 Å². The fourth-order valence-corrected chi connectivity index (χ4v) is 2.15. The largest absolute Gasteiger partial charge is 0.504 e. The first-order valence-electron chi connectivity index (χ1n) is 7.39. The van der Waals surface area contributed by atoms with Gasteiger partial charge in [-0.25, -0.2) is 4.79 Å². The summed E-state index contributed by atoms with van der Waals surface area (Å²) in [4.78, 5) is 26.5. The van der Waals surface area contributed by atoms with Crippen molar-refractivity contribution in [2.45, 2.75) is 13.0 Å². The van der Waals surface area contributed by atoms with Gasteiger partial charge >= 0.3 is 5.97 Å². The highest BCUT2D eigenvalue weighted by Crippen LogP contribution is 2.26. The zero-order valence-electron chi connectivity index (χ0n) is 13.5. The Hall–Kier alpha value is -3.29. The highest BCUT2D eigenvalue weighted by Gasteiger charge is 2.11. The van der Waals surface area contributed by atoms with Crippen LogP contribution in [0.4, 0.5) is 0 Å². The molecule has 0 aromatic heterocycles. The summed E-state index contributed by atoms with van der Waals surface area (Å²) in [5.74, 6) is -0.439. The molecule has 0 spiro atoms. The standard InChI is InChI=1S/C17H17NO7/c1-23-16-10-14(5-6-15(16)19)17(20)24-11-13-4-2-3-12(9-13)7-8-25-18(21)22/h2-6,9-10,19H,7-8,11H2,1H3. The molecule has 0 saturated carbocycles. The average molecular weight is 347 g/mol. The van der Waals surface area contributed by atoms with Gasteiger partial charge in [0, 0.05) is 0 Å². The molecule has 0 heterocycles. The number of carbonyl (C=O) groups is 1. The van der Waals surface area contributed by atoms with Gasteiger partial charge in [0.2, 0.25) is 0 Å². The van der Waals surface area contributed by atoms with E-state index in [1.165, 1.54) is 25.3 Å². The summed E-state index contributed by atoms with van der Waals surface area (Å²) in [6.45, 7) is 0.00943. The predicted molar refractivity (Wildman–Crippen MR) is 86.9 cm³/mol. The van der Waals surface area contributed by atoms with Crippen LogP contribution < -0.4 is 4.74 Å². The van der Waals surface area contributed by atoms with Crippen LogP contribution in [0.1, 0.15) is 21.5 Å². The van der Waals surface area contributed by atoms with Crippen LogP contribution in [0, 0.1) is 10.1 Å². The molecule has 0 atom stereocenters. The van der Waals surface area contributed by atoms with Gasteiger partial charge in [0.05, 0.1) is 12.7 Å². The molecule has 0 aliphatic heterocycles. The van der Waals surface area contributed by atoms with Crippen molar-refractivity contribution in [3.63, 3.8) is 0 Å². The summed E-state index contributed by atoms with van der Waals surface area (Å²) >= 11 is 0. The number of methoxy groups -OCH3 is 1. The van der Waals surface area contributed by atoms with Crippen LogP contribution in [0.5, 0.6) is 11.5 Å².